The molecule has 1 aliphatic heterocycles. The van der Waals surface area contributed by atoms with Crippen LogP contribution in [-0.2, 0) is 0 Å². The van der Waals surface area contributed by atoms with E-state index in [9.17, 15) is 4.79 Å². The summed E-state index contributed by atoms with van der Waals surface area (Å²) < 4.78 is 0. The van der Waals surface area contributed by atoms with Gasteiger partial charge >= 0.3 is 0 Å². The van der Waals surface area contributed by atoms with Gasteiger partial charge in [0, 0.05) is 26.5 Å². The molecule has 29 heavy (non-hydrogen) atoms. The maximum atomic E-state index is 13.7. The van der Waals surface area contributed by atoms with Crippen LogP contribution in [0, 0.1) is 0 Å². The van der Waals surface area contributed by atoms with Crippen LogP contribution in [0.3, 0.4) is 0 Å². The smallest absolute Gasteiger partial charge is 0.194 e. The maximum Gasteiger partial charge on any atom is 0.194 e. The van der Waals surface area contributed by atoms with Crippen molar-refractivity contribution in [2.45, 2.75) is 9.79 Å². The lowest BCUT2D eigenvalue weighted by Crippen LogP contribution is -2.12. The number of carbonyl (C=O) groups is 1. The summed E-state index contributed by atoms with van der Waals surface area (Å²) in [5.74, 6) is 0.0970. The molecule has 0 aromatic heterocycles. The monoisotopic (exact) mass is 388 g/mol. The van der Waals surface area contributed by atoms with Crippen LogP contribution in [0.1, 0.15) is 27.0 Å². The fourth-order valence-electron chi connectivity index (χ4n) is 4.26. The van der Waals surface area contributed by atoms with Crippen molar-refractivity contribution in [3.8, 4) is 0 Å². The second kappa shape index (κ2) is 6.33. The Bertz CT molecular complexity index is 1340. The van der Waals surface area contributed by atoms with Crippen LogP contribution < -0.4 is 0 Å². The number of rotatable bonds is 0. The first-order chi connectivity index (χ1) is 14.3. The molecular weight excluding hydrogens is 372 g/mol. The Morgan fingerprint density at radius 1 is 0.586 bits per heavy atom. The fraction of sp³-hybridized carbons (Fsp3) is 0. The van der Waals surface area contributed by atoms with Crippen LogP contribution in [0.25, 0.3) is 22.4 Å². The van der Waals surface area contributed by atoms with E-state index in [-0.39, 0.29) is 5.78 Å². The van der Waals surface area contributed by atoms with E-state index < -0.39 is 0 Å². The van der Waals surface area contributed by atoms with Crippen molar-refractivity contribution < 1.29 is 4.79 Å². The van der Waals surface area contributed by atoms with Crippen molar-refractivity contribution in [3.05, 3.63) is 119 Å². The number of hydrogen-bond donors (Lipinski definition) is 0. The van der Waals surface area contributed by atoms with Crippen LogP contribution in [0.15, 0.2) is 106 Å². The molecular formula is C27H16OS. The number of carbonyl (C=O) groups excluding carboxylic acids is 1. The normalized spacial score (nSPS) is 14.6. The Morgan fingerprint density at radius 2 is 1.17 bits per heavy atom. The highest BCUT2D eigenvalue weighted by atomic mass is 32.2. The summed E-state index contributed by atoms with van der Waals surface area (Å²) in [7, 11) is 0. The van der Waals surface area contributed by atoms with E-state index in [0.717, 1.165) is 44.2 Å². The Labute approximate surface area is 173 Å². The van der Waals surface area contributed by atoms with Crippen molar-refractivity contribution in [3.63, 3.8) is 0 Å². The lowest BCUT2D eigenvalue weighted by molar-refractivity contribution is 0.103. The lowest BCUT2D eigenvalue weighted by atomic mass is 9.84. The molecule has 4 aromatic rings. The molecule has 0 unspecified atom stereocenters. The number of ketones is 1. The van der Waals surface area contributed by atoms with Crippen molar-refractivity contribution in [1.29, 1.82) is 0 Å². The summed E-state index contributed by atoms with van der Waals surface area (Å²) in [6, 6.07) is 29.1. The summed E-state index contributed by atoms with van der Waals surface area (Å²) in [5.41, 5.74) is 5.84. The van der Waals surface area contributed by atoms with E-state index >= 15 is 0 Å². The van der Waals surface area contributed by atoms with E-state index in [4.69, 9.17) is 0 Å². The molecule has 0 atom stereocenters. The largest absolute Gasteiger partial charge is 0.289 e. The lowest BCUT2D eigenvalue weighted by Gasteiger charge is -2.25. The van der Waals surface area contributed by atoms with Gasteiger partial charge in [0.15, 0.2) is 5.78 Å². The van der Waals surface area contributed by atoms with Gasteiger partial charge in [-0.25, -0.2) is 0 Å². The van der Waals surface area contributed by atoms with Gasteiger partial charge in [0.05, 0.1) is 0 Å². The fourth-order valence-corrected chi connectivity index (χ4v) is 5.35. The number of hydrogen-bond acceptors (Lipinski definition) is 2. The molecule has 4 aromatic carbocycles. The summed E-state index contributed by atoms with van der Waals surface area (Å²) >= 11 is 1.77. The van der Waals surface area contributed by atoms with Crippen LogP contribution in [0.4, 0.5) is 0 Å². The average Bonchev–Trinajstić information content (AvgIpc) is 2.77. The van der Waals surface area contributed by atoms with E-state index in [1.165, 1.54) is 9.79 Å². The van der Waals surface area contributed by atoms with Gasteiger partial charge in [-0.3, -0.25) is 4.79 Å². The molecule has 0 N–H and O–H groups in total. The summed E-state index contributed by atoms with van der Waals surface area (Å²) in [5, 5.41) is 2.25. The molecule has 0 saturated carbocycles. The molecule has 0 radical (unpaired) electrons. The topological polar surface area (TPSA) is 17.1 Å². The first-order valence-corrected chi connectivity index (χ1v) is 10.5. The third-order valence-electron chi connectivity index (χ3n) is 5.64. The average molecular weight is 388 g/mol. The highest BCUT2D eigenvalue weighted by Crippen LogP contribution is 2.47. The third-order valence-corrected chi connectivity index (χ3v) is 6.79. The predicted molar refractivity (Wildman–Crippen MR) is 120 cm³/mol. The first kappa shape index (κ1) is 16.6. The molecule has 0 saturated heterocycles. The van der Waals surface area contributed by atoms with Crippen LogP contribution in [0.2, 0.25) is 0 Å². The Balaban J connectivity index is 1.64. The van der Waals surface area contributed by atoms with Crippen molar-refractivity contribution >= 4 is 40.0 Å². The minimum atomic E-state index is 0.0970. The number of fused-ring (bicyclic) bond motifs is 4. The molecule has 1 heterocycles. The summed E-state index contributed by atoms with van der Waals surface area (Å²) in [6.07, 6.45) is 4.08. The molecule has 2 aliphatic rings. The highest BCUT2D eigenvalue weighted by molar-refractivity contribution is 7.99. The molecule has 0 spiro atoms. The minimum Gasteiger partial charge on any atom is -0.289 e. The molecule has 0 amide bonds. The number of Topliss-reactive ketones (excluding diaryl/α,β-unsaturated/α-hetero) is 1. The predicted octanol–water partition coefficient (Wildman–Crippen LogP) is 7.02. The van der Waals surface area contributed by atoms with Crippen LogP contribution >= 0.6 is 11.8 Å². The molecule has 6 rings (SSSR count). The molecule has 0 fully saturated rings. The van der Waals surface area contributed by atoms with Crippen LogP contribution in [0.5, 0.6) is 0 Å². The van der Waals surface area contributed by atoms with Crippen molar-refractivity contribution in [2.24, 2.45) is 0 Å². The first-order valence-electron chi connectivity index (χ1n) is 9.66. The minimum absolute atomic E-state index is 0.0970. The zero-order chi connectivity index (χ0) is 19.4. The highest BCUT2D eigenvalue weighted by Gasteiger charge is 2.28. The Morgan fingerprint density at radius 3 is 1.86 bits per heavy atom. The summed E-state index contributed by atoms with van der Waals surface area (Å²) in [4.78, 5) is 16.1. The second-order valence-corrected chi connectivity index (χ2v) is 8.42. The van der Waals surface area contributed by atoms with Gasteiger partial charge in [0.1, 0.15) is 0 Å². The zero-order valence-electron chi connectivity index (χ0n) is 15.6. The van der Waals surface area contributed by atoms with Crippen molar-refractivity contribution in [2.75, 3.05) is 0 Å². The van der Waals surface area contributed by atoms with Gasteiger partial charge in [0.25, 0.3) is 0 Å². The van der Waals surface area contributed by atoms with Gasteiger partial charge in [0.2, 0.25) is 0 Å². The quantitative estimate of drug-likeness (QED) is 0.265. The number of benzene rings is 4. The van der Waals surface area contributed by atoms with Gasteiger partial charge in [-0.2, -0.15) is 0 Å². The standard InChI is InChI=1S/C27H16OS/c28-27-22(14-13-19-15-17-7-1-2-8-18(17)16-23(19)27)26-20-9-3-5-11-24(20)29-25-12-6-4-10-21(25)26/h1-16H. The second-order valence-electron chi connectivity index (χ2n) is 7.33. The van der Waals surface area contributed by atoms with Gasteiger partial charge in [-0.15, -0.1) is 0 Å². The third kappa shape index (κ3) is 2.53. The van der Waals surface area contributed by atoms with E-state index in [1.807, 2.05) is 36.4 Å². The van der Waals surface area contributed by atoms with E-state index in [1.54, 1.807) is 11.8 Å². The Hall–Kier alpha value is -3.36. The van der Waals surface area contributed by atoms with Gasteiger partial charge < -0.3 is 0 Å². The van der Waals surface area contributed by atoms with E-state index in [0.29, 0.717) is 0 Å². The molecule has 136 valence electrons. The van der Waals surface area contributed by atoms with Crippen molar-refractivity contribution in [1.82, 2.24) is 0 Å². The molecule has 2 heteroatoms. The van der Waals surface area contributed by atoms with Gasteiger partial charge in [-0.1, -0.05) is 78.5 Å². The molecule has 0 bridgehead atoms. The molecule has 1 aliphatic carbocycles. The summed E-state index contributed by atoms with van der Waals surface area (Å²) in [6.45, 7) is 0. The Kier molecular flexibility index (Phi) is 3.62. The number of allylic oxidation sites excluding steroid dienone is 2. The SMILES string of the molecule is O=C1C(=C2c3ccccc3Sc3ccccc32)C=Cc2cc3ccccc3cc21. The van der Waals surface area contributed by atoms with Crippen LogP contribution in [-0.4, -0.2) is 5.78 Å². The van der Waals surface area contributed by atoms with Gasteiger partial charge in [-0.05, 0) is 57.8 Å². The maximum absolute atomic E-state index is 13.7. The molecule has 1 nitrogen and oxygen atoms in total. The zero-order valence-corrected chi connectivity index (χ0v) is 16.4. The van der Waals surface area contributed by atoms with E-state index in [2.05, 4.69) is 60.7 Å².